The van der Waals surface area contributed by atoms with Gasteiger partial charge in [-0.2, -0.15) is 5.26 Å². The van der Waals surface area contributed by atoms with Crippen LogP contribution in [0, 0.1) is 16.7 Å². The first kappa shape index (κ1) is 15.9. The van der Waals surface area contributed by atoms with Crippen LogP contribution in [0.5, 0.6) is 0 Å². The highest BCUT2D eigenvalue weighted by Gasteiger charge is 2.39. The van der Waals surface area contributed by atoms with Crippen LogP contribution >= 0.6 is 0 Å². The Morgan fingerprint density at radius 1 is 1.18 bits per heavy atom. The lowest BCUT2D eigenvalue weighted by atomic mass is 9.82. The van der Waals surface area contributed by atoms with Crippen LogP contribution in [0.2, 0.25) is 0 Å². The van der Waals surface area contributed by atoms with Crippen molar-refractivity contribution in [3.8, 4) is 6.07 Å². The molecule has 0 atom stereocenters. The van der Waals surface area contributed by atoms with Crippen LogP contribution in [-0.2, 0) is 4.79 Å². The van der Waals surface area contributed by atoms with E-state index >= 15 is 0 Å². The van der Waals surface area contributed by atoms with E-state index in [9.17, 15) is 15.0 Å². The minimum absolute atomic E-state index is 0.347. The second-order valence-electron chi connectivity index (χ2n) is 4.31. The number of carbonyl (C=O) groups excluding carboxylic acids is 1. The SMILES string of the molecule is CCC(CO)(CO)NC(=O)C(C#N)(CC)CC. The summed E-state index contributed by atoms with van der Waals surface area (Å²) in [5.41, 5.74) is -2.12. The minimum atomic E-state index is -1.08. The van der Waals surface area contributed by atoms with E-state index in [4.69, 9.17) is 5.26 Å². The van der Waals surface area contributed by atoms with E-state index in [0.29, 0.717) is 19.3 Å². The number of hydrogen-bond donors (Lipinski definition) is 3. The summed E-state index contributed by atoms with van der Waals surface area (Å²) in [7, 11) is 0. The van der Waals surface area contributed by atoms with Gasteiger partial charge < -0.3 is 15.5 Å². The van der Waals surface area contributed by atoms with Gasteiger partial charge in [-0.15, -0.1) is 0 Å². The molecule has 5 heteroatoms. The topological polar surface area (TPSA) is 93.3 Å². The fourth-order valence-electron chi connectivity index (χ4n) is 1.58. The van der Waals surface area contributed by atoms with Gasteiger partial charge in [0.2, 0.25) is 5.91 Å². The Balaban J connectivity index is 5.01. The molecule has 0 aromatic heterocycles. The fraction of sp³-hybridized carbons (Fsp3) is 0.833. The maximum Gasteiger partial charge on any atom is 0.241 e. The number of aliphatic hydroxyl groups is 2. The van der Waals surface area contributed by atoms with Gasteiger partial charge in [-0.25, -0.2) is 0 Å². The zero-order valence-electron chi connectivity index (χ0n) is 10.8. The Bertz CT molecular complexity index is 280. The molecule has 0 aliphatic carbocycles. The van der Waals surface area contributed by atoms with Gasteiger partial charge in [-0.1, -0.05) is 20.8 Å². The molecule has 0 bridgehead atoms. The van der Waals surface area contributed by atoms with E-state index in [2.05, 4.69) is 5.32 Å². The molecule has 0 aliphatic rings. The van der Waals surface area contributed by atoms with E-state index in [1.54, 1.807) is 20.8 Å². The van der Waals surface area contributed by atoms with Crippen molar-refractivity contribution in [2.75, 3.05) is 13.2 Å². The summed E-state index contributed by atoms with van der Waals surface area (Å²) in [5.74, 6) is -0.421. The van der Waals surface area contributed by atoms with Crippen molar-refractivity contribution in [1.82, 2.24) is 5.32 Å². The molecule has 1 amide bonds. The molecule has 3 N–H and O–H groups in total. The van der Waals surface area contributed by atoms with Gasteiger partial charge in [-0.05, 0) is 19.3 Å². The first-order valence-electron chi connectivity index (χ1n) is 5.95. The molecule has 17 heavy (non-hydrogen) atoms. The predicted molar refractivity (Wildman–Crippen MR) is 64.0 cm³/mol. The lowest BCUT2D eigenvalue weighted by Crippen LogP contribution is -2.57. The van der Waals surface area contributed by atoms with Crippen LogP contribution in [-0.4, -0.2) is 34.9 Å². The van der Waals surface area contributed by atoms with Crippen LogP contribution < -0.4 is 5.32 Å². The number of rotatable bonds is 7. The average molecular weight is 242 g/mol. The minimum Gasteiger partial charge on any atom is -0.394 e. The molecule has 0 saturated heterocycles. The number of carbonyl (C=O) groups is 1. The van der Waals surface area contributed by atoms with Gasteiger partial charge in [0.1, 0.15) is 5.41 Å². The summed E-state index contributed by atoms with van der Waals surface area (Å²) in [6, 6.07) is 2.03. The average Bonchev–Trinajstić information content (AvgIpc) is 2.39. The summed E-state index contributed by atoms with van der Waals surface area (Å²) < 4.78 is 0. The first-order valence-corrected chi connectivity index (χ1v) is 5.95. The summed E-state index contributed by atoms with van der Waals surface area (Å²) in [6.07, 6.45) is 1.21. The smallest absolute Gasteiger partial charge is 0.241 e. The van der Waals surface area contributed by atoms with Crippen molar-refractivity contribution >= 4 is 5.91 Å². The Kier molecular flexibility index (Phi) is 6.14. The first-order chi connectivity index (χ1) is 7.99. The number of nitrogens with one attached hydrogen (secondary N) is 1. The molecule has 0 unspecified atom stereocenters. The van der Waals surface area contributed by atoms with E-state index in [1.165, 1.54) is 0 Å². The molecule has 0 saturated carbocycles. The van der Waals surface area contributed by atoms with E-state index in [1.807, 2.05) is 6.07 Å². The van der Waals surface area contributed by atoms with Crippen LogP contribution in [0.15, 0.2) is 0 Å². The number of nitrogens with zero attached hydrogens (tertiary/aromatic N) is 1. The van der Waals surface area contributed by atoms with Crippen LogP contribution in [0.25, 0.3) is 0 Å². The Labute approximate surface area is 102 Å². The predicted octanol–water partition coefficient (Wildman–Crippen LogP) is 0.566. The molecule has 0 aromatic rings. The summed E-state index contributed by atoms with van der Waals surface area (Å²) in [4.78, 5) is 12.1. The molecule has 0 radical (unpaired) electrons. The zero-order chi connectivity index (χ0) is 13.5. The van der Waals surface area contributed by atoms with Crippen molar-refractivity contribution in [1.29, 1.82) is 5.26 Å². The molecule has 0 heterocycles. The molecule has 5 nitrogen and oxygen atoms in total. The third-order valence-corrected chi connectivity index (χ3v) is 3.52. The molecule has 0 aromatic carbocycles. The van der Waals surface area contributed by atoms with Crippen LogP contribution in [0.1, 0.15) is 40.0 Å². The lowest BCUT2D eigenvalue weighted by Gasteiger charge is -2.33. The Morgan fingerprint density at radius 2 is 1.65 bits per heavy atom. The van der Waals surface area contributed by atoms with Crippen molar-refractivity contribution in [2.24, 2.45) is 5.41 Å². The lowest BCUT2D eigenvalue weighted by molar-refractivity contribution is -0.132. The van der Waals surface area contributed by atoms with Gasteiger partial charge >= 0.3 is 0 Å². The maximum absolute atomic E-state index is 12.1. The molecule has 0 aliphatic heterocycles. The number of aliphatic hydroxyl groups excluding tert-OH is 2. The quantitative estimate of drug-likeness (QED) is 0.608. The number of amides is 1. The summed E-state index contributed by atoms with van der Waals surface area (Å²) >= 11 is 0. The third kappa shape index (κ3) is 3.18. The van der Waals surface area contributed by atoms with Crippen molar-refractivity contribution in [2.45, 2.75) is 45.6 Å². The fourth-order valence-corrected chi connectivity index (χ4v) is 1.58. The summed E-state index contributed by atoms with van der Waals surface area (Å²) in [6.45, 7) is 4.62. The molecule has 98 valence electrons. The van der Waals surface area contributed by atoms with Crippen molar-refractivity contribution in [3.63, 3.8) is 0 Å². The van der Waals surface area contributed by atoms with Gasteiger partial charge in [0, 0.05) is 0 Å². The Morgan fingerprint density at radius 3 is 1.88 bits per heavy atom. The monoisotopic (exact) mass is 242 g/mol. The maximum atomic E-state index is 12.1. The molecular formula is C12H22N2O3. The molecule has 0 rings (SSSR count). The molecular weight excluding hydrogens is 220 g/mol. The Hall–Kier alpha value is -1.12. The standard InChI is InChI=1S/C12H22N2O3/c1-4-11(5-2,7-13)10(17)14-12(6-3,8-15)9-16/h15-16H,4-6,8-9H2,1-3H3,(H,14,17). The number of nitriles is 1. The van der Waals surface area contributed by atoms with Crippen LogP contribution in [0.3, 0.4) is 0 Å². The van der Waals surface area contributed by atoms with Crippen molar-refractivity contribution in [3.05, 3.63) is 0 Å². The van der Waals surface area contributed by atoms with E-state index in [0.717, 1.165) is 0 Å². The normalized spacial score (nSPS) is 12.0. The van der Waals surface area contributed by atoms with E-state index < -0.39 is 16.9 Å². The molecule has 0 fully saturated rings. The van der Waals surface area contributed by atoms with E-state index in [-0.39, 0.29) is 13.2 Å². The summed E-state index contributed by atoms with van der Waals surface area (Å²) in [5, 5.41) is 30.2. The highest BCUT2D eigenvalue weighted by Crippen LogP contribution is 2.26. The van der Waals surface area contributed by atoms with Gasteiger partial charge in [-0.3, -0.25) is 4.79 Å². The largest absolute Gasteiger partial charge is 0.394 e. The van der Waals surface area contributed by atoms with Gasteiger partial charge in [0.05, 0.1) is 24.8 Å². The second kappa shape index (κ2) is 6.58. The highest BCUT2D eigenvalue weighted by molar-refractivity contribution is 5.86. The van der Waals surface area contributed by atoms with Crippen LogP contribution in [0.4, 0.5) is 0 Å². The molecule has 0 spiro atoms. The van der Waals surface area contributed by atoms with Gasteiger partial charge in [0.15, 0.2) is 0 Å². The van der Waals surface area contributed by atoms with Gasteiger partial charge in [0.25, 0.3) is 0 Å². The highest BCUT2D eigenvalue weighted by atomic mass is 16.3. The zero-order valence-corrected chi connectivity index (χ0v) is 10.8. The second-order valence-corrected chi connectivity index (χ2v) is 4.31. The number of hydrogen-bond acceptors (Lipinski definition) is 4. The third-order valence-electron chi connectivity index (χ3n) is 3.52. The van der Waals surface area contributed by atoms with Crippen molar-refractivity contribution < 1.29 is 15.0 Å².